The standard InChI is InChI=1S/C98H163NO8/c1-6-8-10-12-14-16-18-20-22-24-26-28-30-32-34-36-38-40-42-44-46-48-50-52-54-56-58-60-62-64-66-68-70-72-74-76-78-80-82-84-86-88-95(100)105-92-94(93-106-98(97(102)103)104-91-90-99(3,4)5)107-96(101)89-87-85-83-81-79-77-75-73-71-69-67-65-63-61-59-57-55-53-51-49-47-45-43-41-39-37-35-33-31-29-27-25-23-21-19-17-15-13-11-9-7-2/h8-11,14-17,20-23,26-29,32-35,39,41,45,47,51,53,57,59,63,65,94,98H,6-7,12-13,18-19,24-25,30-31,36-38,40,42-44,46,48-50,52,54-56,58,60-62,64,66-93H2,1-5H3/p+1/b10-8-,11-9-,16-14-,17-15-,22-20-,23-21-,28-26-,29-27-,34-32-,35-33-,41-39-,47-45-,53-51-,59-57-,65-63-. The van der Waals surface area contributed by atoms with Crippen LogP contribution in [-0.4, -0.2) is 87.4 Å². The first-order chi connectivity index (χ1) is 52.6. The first-order valence-electron chi connectivity index (χ1n) is 43.9. The van der Waals surface area contributed by atoms with Crippen LogP contribution >= 0.6 is 0 Å². The molecule has 107 heavy (non-hydrogen) atoms. The van der Waals surface area contributed by atoms with E-state index in [-0.39, 0.29) is 32.2 Å². The molecule has 1 N–H and O–H groups in total. The maximum absolute atomic E-state index is 13.0. The third-order valence-electron chi connectivity index (χ3n) is 18.7. The molecule has 0 aliphatic rings. The van der Waals surface area contributed by atoms with Crippen molar-refractivity contribution in [2.45, 2.75) is 373 Å². The fourth-order valence-electron chi connectivity index (χ4n) is 12.1. The molecule has 9 heteroatoms. The lowest BCUT2D eigenvalue weighted by Crippen LogP contribution is -2.40. The lowest BCUT2D eigenvalue weighted by molar-refractivity contribution is -0.870. The first-order valence-corrected chi connectivity index (χ1v) is 43.9. The topological polar surface area (TPSA) is 108 Å². The maximum Gasteiger partial charge on any atom is 0.361 e. The molecule has 0 rings (SSSR count). The molecule has 0 fully saturated rings. The summed E-state index contributed by atoms with van der Waals surface area (Å²) in [6, 6.07) is 0. The average Bonchev–Trinajstić information content (AvgIpc) is 0.965. The monoisotopic (exact) mass is 1480 g/mol. The number of ether oxygens (including phenoxy) is 4. The van der Waals surface area contributed by atoms with Crippen molar-refractivity contribution in [3.63, 3.8) is 0 Å². The third-order valence-corrected chi connectivity index (χ3v) is 18.7. The van der Waals surface area contributed by atoms with Crippen LogP contribution in [-0.2, 0) is 33.3 Å². The molecule has 608 valence electrons. The Morgan fingerprint density at radius 3 is 0.748 bits per heavy atom. The van der Waals surface area contributed by atoms with Gasteiger partial charge in [-0.05, 0) is 135 Å². The van der Waals surface area contributed by atoms with Gasteiger partial charge in [-0.25, -0.2) is 4.79 Å². The molecule has 0 saturated heterocycles. The summed E-state index contributed by atoms with van der Waals surface area (Å²) in [7, 11) is 5.98. The van der Waals surface area contributed by atoms with Gasteiger partial charge in [0.15, 0.2) is 6.10 Å². The Morgan fingerprint density at radius 1 is 0.280 bits per heavy atom. The zero-order valence-electron chi connectivity index (χ0n) is 69.7. The number of quaternary nitrogens is 1. The summed E-state index contributed by atoms with van der Waals surface area (Å²) in [6.45, 7) is 4.66. The number of unbranched alkanes of at least 4 members (excludes halogenated alkanes) is 35. The van der Waals surface area contributed by atoms with Gasteiger partial charge in [0.1, 0.15) is 13.2 Å². The van der Waals surface area contributed by atoms with E-state index < -0.39 is 24.3 Å². The smallest absolute Gasteiger partial charge is 0.361 e. The number of hydrogen-bond acceptors (Lipinski definition) is 7. The molecule has 0 bridgehead atoms. The molecule has 0 radical (unpaired) electrons. The Kier molecular flexibility index (Phi) is 81.5. The van der Waals surface area contributed by atoms with Gasteiger partial charge in [-0.2, -0.15) is 0 Å². The number of carbonyl (C=O) groups is 3. The molecule has 0 aliphatic carbocycles. The summed E-state index contributed by atoms with van der Waals surface area (Å²) in [5.74, 6) is -2.01. The van der Waals surface area contributed by atoms with Crippen LogP contribution in [0.2, 0.25) is 0 Å². The second kappa shape index (κ2) is 86.0. The number of rotatable bonds is 80. The SMILES string of the molecule is CC/C=C\C/C=C\C/C=C\C/C=C\C/C=C\C/C=C\C/C=C\C/C=C\C/C=C\C/C=C\CCCCCCCCCCCCC(=O)OC(COC(=O)CCCCCCCCCCCCCCCCCCCCCCCCCCC/C=C\C/C=C\C/C=C\C/C=C\C/C=C\CC)COC(OCC[N+](C)(C)C)C(=O)O. The van der Waals surface area contributed by atoms with Crippen molar-refractivity contribution in [3.8, 4) is 0 Å². The van der Waals surface area contributed by atoms with Gasteiger partial charge in [0.05, 0.1) is 34.4 Å². The number of hydrogen-bond donors (Lipinski definition) is 1. The quantitative estimate of drug-likeness (QED) is 0.0211. The fraction of sp³-hybridized carbons (Fsp3) is 0.663. The van der Waals surface area contributed by atoms with Crippen molar-refractivity contribution < 1.29 is 42.9 Å². The largest absolute Gasteiger partial charge is 0.477 e. The molecule has 0 heterocycles. The van der Waals surface area contributed by atoms with E-state index in [9.17, 15) is 19.5 Å². The average molecular weight is 1480 g/mol. The van der Waals surface area contributed by atoms with Crippen LogP contribution in [0.1, 0.15) is 361 Å². The zero-order valence-corrected chi connectivity index (χ0v) is 69.7. The molecule has 0 amide bonds. The molecule has 0 saturated carbocycles. The van der Waals surface area contributed by atoms with Crippen LogP contribution in [0.5, 0.6) is 0 Å². The number of aliphatic carboxylic acids is 1. The highest BCUT2D eigenvalue weighted by Gasteiger charge is 2.25. The van der Waals surface area contributed by atoms with Crippen LogP contribution in [0.25, 0.3) is 0 Å². The minimum Gasteiger partial charge on any atom is -0.477 e. The number of esters is 2. The number of allylic oxidation sites excluding steroid dienone is 30. The van der Waals surface area contributed by atoms with Crippen LogP contribution in [0.15, 0.2) is 182 Å². The number of carboxylic acid groups (broad SMARTS) is 1. The van der Waals surface area contributed by atoms with Gasteiger partial charge in [0.2, 0.25) is 0 Å². The van der Waals surface area contributed by atoms with Gasteiger partial charge in [0.25, 0.3) is 6.29 Å². The Hall–Kier alpha value is -5.61. The normalized spacial score (nSPS) is 13.5. The van der Waals surface area contributed by atoms with Gasteiger partial charge in [-0.1, -0.05) is 395 Å². The number of nitrogens with zero attached hydrogens (tertiary/aromatic N) is 1. The predicted octanol–water partition coefficient (Wildman–Crippen LogP) is 29.0. The number of carboxylic acids is 1. The van der Waals surface area contributed by atoms with Crippen molar-refractivity contribution in [1.82, 2.24) is 0 Å². The molecule has 9 nitrogen and oxygen atoms in total. The highest BCUT2D eigenvalue weighted by atomic mass is 16.7. The van der Waals surface area contributed by atoms with Crippen LogP contribution in [0, 0.1) is 0 Å². The Balaban J connectivity index is 4.02. The molecular weight excluding hydrogens is 1320 g/mol. The summed E-state index contributed by atoms with van der Waals surface area (Å²) in [5, 5.41) is 9.79. The maximum atomic E-state index is 13.0. The van der Waals surface area contributed by atoms with E-state index >= 15 is 0 Å². The lowest BCUT2D eigenvalue weighted by Gasteiger charge is -2.25. The lowest BCUT2D eigenvalue weighted by atomic mass is 10.0. The molecule has 0 aromatic carbocycles. The minimum atomic E-state index is -1.52. The van der Waals surface area contributed by atoms with Gasteiger partial charge in [0, 0.05) is 12.8 Å². The Bertz CT molecular complexity index is 2430. The molecule has 0 aromatic rings. The van der Waals surface area contributed by atoms with Crippen molar-refractivity contribution in [3.05, 3.63) is 182 Å². The minimum absolute atomic E-state index is 0.181. The van der Waals surface area contributed by atoms with E-state index in [4.69, 9.17) is 18.9 Å². The van der Waals surface area contributed by atoms with Crippen molar-refractivity contribution in [2.75, 3.05) is 47.5 Å². The second-order valence-electron chi connectivity index (χ2n) is 30.1. The van der Waals surface area contributed by atoms with Gasteiger partial charge in [-0.15, -0.1) is 0 Å². The van der Waals surface area contributed by atoms with Crippen molar-refractivity contribution in [1.29, 1.82) is 0 Å². The van der Waals surface area contributed by atoms with E-state index in [1.807, 2.05) is 21.1 Å². The molecular formula is C98H164NO8+. The molecule has 2 atom stereocenters. The molecule has 2 unspecified atom stereocenters. The van der Waals surface area contributed by atoms with Crippen molar-refractivity contribution >= 4 is 17.9 Å². The number of carbonyl (C=O) groups excluding carboxylic acids is 2. The van der Waals surface area contributed by atoms with Gasteiger partial charge in [-0.3, -0.25) is 9.59 Å². The molecule has 0 spiro atoms. The van der Waals surface area contributed by atoms with E-state index in [1.54, 1.807) is 0 Å². The van der Waals surface area contributed by atoms with Crippen molar-refractivity contribution in [2.24, 2.45) is 0 Å². The number of likely N-dealkylation sites (N-methyl/N-ethyl adjacent to an activating group) is 1. The zero-order chi connectivity index (χ0) is 77.4. The summed E-state index contributed by atoms with van der Waals surface area (Å²) in [5.41, 5.74) is 0. The first kappa shape index (κ1) is 101. The highest BCUT2D eigenvalue weighted by Crippen LogP contribution is 2.19. The summed E-state index contributed by atoms with van der Waals surface area (Å²) in [6.07, 6.45) is 128. The van der Waals surface area contributed by atoms with Crippen LogP contribution in [0.4, 0.5) is 0 Å². The molecule has 0 aromatic heterocycles. The summed E-state index contributed by atoms with van der Waals surface area (Å²) < 4.78 is 23.1. The summed E-state index contributed by atoms with van der Waals surface area (Å²) >= 11 is 0. The molecule has 0 aliphatic heterocycles. The highest BCUT2D eigenvalue weighted by molar-refractivity contribution is 5.71. The van der Waals surface area contributed by atoms with E-state index in [2.05, 4.69) is 196 Å². The fourth-order valence-corrected chi connectivity index (χ4v) is 12.1. The predicted molar refractivity (Wildman–Crippen MR) is 465 cm³/mol. The Morgan fingerprint density at radius 2 is 0.505 bits per heavy atom. The van der Waals surface area contributed by atoms with E-state index in [0.29, 0.717) is 23.9 Å². The van der Waals surface area contributed by atoms with Crippen LogP contribution in [0.3, 0.4) is 0 Å². The Labute approximate surface area is 659 Å². The van der Waals surface area contributed by atoms with Gasteiger partial charge < -0.3 is 28.5 Å². The third kappa shape index (κ3) is 87.5. The van der Waals surface area contributed by atoms with Crippen LogP contribution < -0.4 is 0 Å². The van der Waals surface area contributed by atoms with E-state index in [1.165, 1.54) is 186 Å². The van der Waals surface area contributed by atoms with E-state index in [0.717, 1.165) is 141 Å². The van der Waals surface area contributed by atoms with Gasteiger partial charge >= 0.3 is 17.9 Å². The second-order valence-corrected chi connectivity index (χ2v) is 30.1. The summed E-state index contributed by atoms with van der Waals surface area (Å²) in [4.78, 5) is 37.8.